The van der Waals surface area contributed by atoms with Gasteiger partial charge in [-0.25, -0.2) is 4.79 Å². The minimum Gasteiger partial charge on any atom is -0.450 e. The summed E-state index contributed by atoms with van der Waals surface area (Å²) in [5, 5.41) is 0. The van der Waals surface area contributed by atoms with Crippen LogP contribution in [0.4, 0.5) is 0 Å². The van der Waals surface area contributed by atoms with Crippen LogP contribution in [0.25, 0.3) is 11.1 Å². The molecule has 1 aliphatic rings. The topological polar surface area (TPSA) is 43.4 Å². The van der Waals surface area contributed by atoms with E-state index in [1.807, 2.05) is 48.5 Å². The van der Waals surface area contributed by atoms with E-state index >= 15 is 0 Å². The summed E-state index contributed by atoms with van der Waals surface area (Å²) < 4.78 is 5.34. The van der Waals surface area contributed by atoms with Gasteiger partial charge in [0.15, 0.2) is 11.9 Å². The molecule has 0 bridgehead atoms. The molecule has 1 heterocycles. The number of cyclic esters (lactones) is 1. The zero-order chi connectivity index (χ0) is 14.8. The van der Waals surface area contributed by atoms with Crippen LogP contribution in [0.3, 0.4) is 0 Å². The normalized spacial score (nSPS) is 17.0. The fraction of sp³-hybridized carbons (Fsp3) is 0.222. The average molecular weight is 280 g/mol. The molecule has 3 heteroatoms. The molecule has 3 nitrogen and oxygen atoms in total. The van der Waals surface area contributed by atoms with Gasteiger partial charge in [0.05, 0.1) is 5.56 Å². The summed E-state index contributed by atoms with van der Waals surface area (Å²) in [6, 6.07) is 15.5. The van der Waals surface area contributed by atoms with Crippen LogP contribution in [0.1, 0.15) is 29.3 Å². The van der Waals surface area contributed by atoms with Crippen molar-refractivity contribution < 1.29 is 14.3 Å². The van der Waals surface area contributed by atoms with Crippen LogP contribution in [0, 0.1) is 0 Å². The van der Waals surface area contributed by atoms with Crippen molar-refractivity contribution in [1.82, 2.24) is 0 Å². The van der Waals surface area contributed by atoms with Gasteiger partial charge in [-0.1, -0.05) is 55.5 Å². The fourth-order valence-corrected chi connectivity index (χ4v) is 2.71. The SMILES string of the molecule is CCC(=O)C1Cc2cccc(-c3ccccc3)c2C(=O)O1. The summed E-state index contributed by atoms with van der Waals surface area (Å²) in [6.07, 6.45) is 0.209. The molecule has 0 saturated carbocycles. The van der Waals surface area contributed by atoms with Gasteiger partial charge in [0.2, 0.25) is 0 Å². The van der Waals surface area contributed by atoms with Gasteiger partial charge in [0.25, 0.3) is 0 Å². The maximum atomic E-state index is 12.3. The molecule has 0 spiro atoms. The Hall–Kier alpha value is -2.42. The minimum atomic E-state index is -0.638. The zero-order valence-corrected chi connectivity index (χ0v) is 11.8. The lowest BCUT2D eigenvalue weighted by atomic mass is 9.90. The van der Waals surface area contributed by atoms with Gasteiger partial charge in [-0.3, -0.25) is 4.79 Å². The standard InChI is InChI=1S/C18H16O3/c1-2-15(19)16-11-13-9-6-10-14(17(13)18(20)21-16)12-7-4-3-5-8-12/h3-10,16H,2,11H2,1H3. The second-order valence-corrected chi connectivity index (χ2v) is 5.12. The fourth-order valence-electron chi connectivity index (χ4n) is 2.71. The number of Topliss-reactive ketones (excluding diaryl/α,β-unsaturated/α-hetero) is 1. The molecule has 0 fully saturated rings. The first kappa shape index (κ1) is 13.6. The molecule has 1 unspecified atom stereocenters. The first-order valence-corrected chi connectivity index (χ1v) is 7.11. The molecule has 3 rings (SSSR count). The Morgan fingerprint density at radius 3 is 2.62 bits per heavy atom. The van der Waals surface area contributed by atoms with Gasteiger partial charge in [-0.2, -0.15) is 0 Å². The van der Waals surface area contributed by atoms with Crippen LogP contribution in [0.15, 0.2) is 48.5 Å². The van der Waals surface area contributed by atoms with Gasteiger partial charge >= 0.3 is 5.97 Å². The van der Waals surface area contributed by atoms with Crippen molar-refractivity contribution >= 4 is 11.8 Å². The van der Waals surface area contributed by atoms with E-state index < -0.39 is 12.1 Å². The number of carbonyl (C=O) groups is 2. The lowest BCUT2D eigenvalue weighted by Gasteiger charge is -2.25. The number of fused-ring (bicyclic) bond motifs is 1. The largest absolute Gasteiger partial charge is 0.450 e. The molecule has 1 atom stereocenters. The number of rotatable bonds is 3. The Bertz CT molecular complexity index is 689. The number of esters is 1. The molecular weight excluding hydrogens is 264 g/mol. The lowest BCUT2D eigenvalue weighted by Crippen LogP contribution is -2.34. The summed E-state index contributed by atoms with van der Waals surface area (Å²) in [6.45, 7) is 1.78. The van der Waals surface area contributed by atoms with Crippen LogP contribution in [-0.4, -0.2) is 17.9 Å². The Morgan fingerprint density at radius 2 is 1.90 bits per heavy atom. The van der Waals surface area contributed by atoms with Crippen molar-refractivity contribution in [3.05, 3.63) is 59.7 Å². The van der Waals surface area contributed by atoms with E-state index in [9.17, 15) is 9.59 Å². The Morgan fingerprint density at radius 1 is 1.14 bits per heavy atom. The Kier molecular flexibility index (Phi) is 3.57. The predicted octanol–water partition coefficient (Wildman–Crippen LogP) is 3.41. The maximum Gasteiger partial charge on any atom is 0.339 e. The minimum absolute atomic E-state index is 0.0286. The summed E-state index contributed by atoms with van der Waals surface area (Å²) >= 11 is 0. The third kappa shape index (κ3) is 2.47. The third-order valence-electron chi connectivity index (χ3n) is 3.80. The molecule has 0 N–H and O–H groups in total. The summed E-state index contributed by atoms with van der Waals surface area (Å²) in [7, 11) is 0. The van der Waals surface area contributed by atoms with Crippen LogP contribution >= 0.6 is 0 Å². The summed E-state index contributed by atoms with van der Waals surface area (Å²) in [4.78, 5) is 24.1. The van der Waals surface area contributed by atoms with E-state index in [-0.39, 0.29) is 5.78 Å². The van der Waals surface area contributed by atoms with Crippen molar-refractivity contribution in [3.63, 3.8) is 0 Å². The van der Waals surface area contributed by atoms with Crippen molar-refractivity contribution in [1.29, 1.82) is 0 Å². The van der Waals surface area contributed by atoms with E-state index in [0.29, 0.717) is 18.4 Å². The molecule has 0 amide bonds. The number of hydrogen-bond donors (Lipinski definition) is 0. The first-order chi connectivity index (χ1) is 10.2. The van der Waals surface area contributed by atoms with Gasteiger partial charge < -0.3 is 4.74 Å². The number of carbonyl (C=O) groups excluding carboxylic acids is 2. The van der Waals surface area contributed by atoms with Crippen molar-refractivity contribution in [2.45, 2.75) is 25.9 Å². The zero-order valence-electron chi connectivity index (χ0n) is 11.8. The predicted molar refractivity (Wildman–Crippen MR) is 80.1 cm³/mol. The van der Waals surface area contributed by atoms with E-state index in [1.54, 1.807) is 6.92 Å². The van der Waals surface area contributed by atoms with Gasteiger partial charge in [0.1, 0.15) is 0 Å². The maximum absolute atomic E-state index is 12.3. The van der Waals surface area contributed by atoms with Crippen molar-refractivity contribution in [2.24, 2.45) is 0 Å². The Labute approximate surface area is 123 Å². The molecule has 0 aliphatic carbocycles. The lowest BCUT2D eigenvalue weighted by molar-refractivity contribution is -0.127. The smallest absolute Gasteiger partial charge is 0.339 e. The van der Waals surface area contributed by atoms with E-state index in [1.165, 1.54) is 0 Å². The van der Waals surface area contributed by atoms with Gasteiger partial charge in [0, 0.05) is 12.8 Å². The molecule has 0 radical (unpaired) electrons. The number of hydrogen-bond acceptors (Lipinski definition) is 3. The number of ether oxygens (including phenoxy) is 1. The monoisotopic (exact) mass is 280 g/mol. The molecule has 106 valence electrons. The van der Waals surface area contributed by atoms with Gasteiger partial charge in [-0.15, -0.1) is 0 Å². The molecule has 2 aromatic carbocycles. The van der Waals surface area contributed by atoms with Crippen LogP contribution in [0.2, 0.25) is 0 Å². The van der Waals surface area contributed by atoms with Crippen LogP contribution in [0.5, 0.6) is 0 Å². The van der Waals surface area contributed by atoms with E-state index in [0.717, 1.165) is 16.7 Å². The molecule has 21 heavy (non-hydrogen) atoms. The van der Waals surface area contributed by atoms with Crippen LogP contribution in [-0.2, 0) is 16.0 Å². The van der Waals surface area contributed by atoms with Crippen LogP contribution < -0.4 is 0 Å². The second-order valence-electron chi connectivity index (χ2n) is 5.12. The van der Waals surface area contributed by atoms with Crippen molar-refractivity contribution in [3.8, 4) is 11.1 Å². The summed E-state index contributed by atoms with van der Waals surface area (Å²) in [5.41, 5.74) is 3.32. The quantitative estimate of drug-likeness (QED) is 0.809. The number of ketones is 1. The molecule has 2 aromatic rings. The van der Waals surface area contributed by atoms with E-state index in [2.05, 4.69) is 0 Å². The van der Waals surface area contributed by atoms with Gasteiger partial charge in [-0.05, 0) is 16.7 Å². The average Bonchev–Trinajstić information content (AvgIpc) is 2.54. The molecule has 0 saturated heterocycles. The molecule has 1 aliphatic heterocycles. The Balaban J connectivity index is 2.06. The first-order valence-electron chi connectivity index (χ1n) is 7.11. The highest BCUT2D eigenvalue weighted by Crippen LogP contribution is 2.31. The van der Waals surface area contributed by atoms with Crippen molar-refractivity contribution in [2.75, 3.05) is 0 Å². The van der Waals surface area contributed by atoms with E-state index in [4.69, 9.17) is 4.74 Å². The second kappa shape index (κ2) is 5.52. The highest BCUT2D eigenvalue weighted by Gasteiger charge is 2.32. The highest BCUT2D eigenvalue weighted by molar-refractivity contribution is 6.01. The molecule has 0 aromatic heterocycles. The highest BCUT2D eigenvalue weighted by atomic mass is 16.5. The summed E-state index contributed by atoms with van der Waals surface area (Å²) in [5.74, 6) is -0.429. The molecular formula is C18H16O3. The third-order valence-corrected chi connectivity index (χ3v) is 3.80. The number of benzene rings is 2.